The summed E-state index contributed by atoms with van der Waals surface area (Å²) in [5.41, 5.74) is -0.145. The zero-order valence-corrected chi connectivity index (χ0v) is 12.9. The van der Waals surface area contributed by atoms with E-state index in [1.54, 1.807) is 6.07 Å². The van der Waals surface area contributed by atoms with Gasteiger partial charge in [-0.05, 0) is 24.3 Å². The molecule has 7 heteroatoms. The Morgan fingerprint density at radius 1 is 1.21 bits per heavy atom. The van der Waals surface area contributed by atoms with Crippen molar-refractivity contribution in [3.8, 4) is 12.3 Å². The minimum absolute atomic E-state index is 0.00104. The molecule has 0 saturated heterocycles. The van der Waals surface area contributed by atoms with Crippen molar-refractivity contribution in [3.63, 3.8) is 0 Å². The Morgan fingerprint density at radius 3 is 2.71 bits per heavy atom. The zero-order chi connectivity index (χ0) is 17.3. The molecule has 0 radical (unpaired) electrons. The monoisotopic (exact) mass is 346 g/mol. The Morgan fingerprint density at radius 2 is 2.00 bits per heavy atom. The van der Waals surface area contributed by atoms with Crippen molar-refractivity contribution in [2.45, 2.75) is 6.54 Å². The molecule has 0 saturated carbocycles. The Bertz CT molecular complexity index is 1060. The number of nitrogens with zero attached hydrogens (tertiary/aromatic N) is 2. The molecule has 3 nitrogen and oxygen atoms in total. The van der Waals surface area contributed by atoms with Crippen LogP contribution in [0.5, 0.6) is 0 Å². The van der Waals surface area contributed by atoms with E-state index in [2.05, 4.69) is 10.9 Å². The van der Waals surface area contributed by atoms with Gasteiger partial charge in [-0.3, -0.25) is 4.79 Å². The number of para-hydroxylation sites is 1. The van der Waals surface area contributed by atoms with Gasteiger partial charge in [0.2, 0.25) is 0 Å². The molecule has 120 valence electrons. The van der Waals surface area contributed by atoms with Crippen LogP contribution in [-0.2, 0) is 6.54 Å². The van der Waals surface area contributed by atoms with Crippen LogP contribution in [0.2, 0.25) is 0 Å². The van der Waals surface area contributed by atoms with Crippen molar-refractivity contribution in [2.24, 2.45) is 4.99 Å². The van der Waals surface area contributed by atoms with E-state index >= 15 is 0 Å². The third-order valence-corrected chi connectivity index (χ3v) is 4.30. The smallest absolute Gasteiger partial charge is 0.282 e. The van der Waals surface area contributed by atoms with E-state index in [-0.39, 0.29) is 22.4 Å². The van der Waals surface area contributed by atoms with Crippen molar-refractivity contribution in [1.29, 1.82) is 0 Å². The van der Waals surface area contributed by atoms with Crippen LogP contribution in [-0.4, -0.2) is 10.5 Å². The van der Waals surface area contributed by atoms with Crippen LogP contribution in [0.25, 0.3) is 10.2 Å². The number of carbonyl (C=O) groups excluding carboxylic acids is 1. The summed E-state index contributed by atoms with van der Waals surface area (Å²) >= 11 is 1.05. The highest BCUT2D eigenvalue weighted by Gasteiger charge is 2.14. The summed E-state index contributed by atoms with van der Waals surface area (Å²) in [6.45, 7) is -0.00104. The summed E-state index contributed by atoms with van der Waals surface area (Å²) in [6.07, 6.45) is 5.30. The number of benzene rings is 2. The van der Waals surface area contributed by atoms with Gasteiger partial charge in [0.25, 0.3) is 5.91 Å². The quantitative estimate of drug-likeness (QED) is 0.654. The Kier molecular flexibility index (Phi) is 4.23. The molecule has 1 amide bonds. The van der Waals surface area contributed by atoms with Gasteiger partial charge in [-0.15, -0.1) is 6.42 Å². The minimum Gasteiger partial charge on any atom is -0.302 e. The predicted molar refractivity (Wildman–Crippen MR) is 84.9 cm³/mol. The summed E-state index contributed by atoms with van der Waals surface area (Å²) in [7, 11) is 0. The summed E-state index contributed by atoms with van der Waals surface area (Å²) < 4.78 is 42.6. The number of carbonyl (C=O) groups is 1. The number of aromatic nitrogens is 1. The maximum absolute atomic E-state index is 14.0. The highest BCUT2D eigenvalue weighted by molar-refractivity contribution is 7.16. The standard InChI is InChI=1S/C17H9F3N2OS/c1-2-8-22-15-12(19)4-3-5-14(15)24-17(22)21-16(23)11-7-6-10(18)9-13(11)20/h1,3-7,9H,8H2. The lowest BCUT2D eigenvalue weighted by Gasteiger charge is -2.01. The van der Waals surface area contributed by atoms with Crippen LogP contribution in [0, 0.1) is 29.8 Å². The highest BCUT2D eigenvalue weighted by atomic mass is 32.1. The molecule has 0 fully saturated rings. The van der Waals surface area contributed by atoms with Gasteiger partial charge >= 0.3 is 0 Å². The Hall–Kier alpha value is -2.85. The molecular weight excluding hydrogens is 337 g/mol. The van der Waals surface area contributed by atoms with Crippen LogP contribution in [0.3, 0.4) is 0 Å². The first-order chi connectivity index (χ1) is 11.5. The number of rotatable bonds is 2. The topological polar surface area (TPSA) is 34.4 Å². The number of fused-ring (bicyclic) bond motifs is 1. The lowest BCUT2D eigenvalue weighted by molar-refractivity contribution is 0.0994. The van der Waals surface area contributed by atoms with Crippen LogP contribution < -0.4 is 4.80 Å². The summed E-state index contributed by atoms with van der Waals surface area (Å²) in [5, 5.41) is 0. The van der Waals surface area contributed by atoms with Gasteiger partial charge < -0.3 is 4.57 Å². The van der Waals surface area contributed by atoms with Crippen LogP contribution in [0.1, 0.15) is 10.4 Å². The number of hydrogen-bond acceptors (Lipinski definition) is 2. The van der Waals surface area contributed by atoms with Gasteiger partial charge in [0, 0.05) is 6.07 Å². The minimum atomic E-state index is -1.01. The van der Waals surface area contributed by atoms with E-state index in [4.69, 9.17) is 6.42 Å². The SMILES string of the molecule is C#CCn1c(=NC(=O)c2ccc(F)cc2F)sc2cccc(F)c21. The second-order valence-electron chi connectivity index (χ2n) is 4.80. The molecule has 0 aliphatic rings. The molecule has 24 heavy (non-hydrogen) atoms. The number of halogens is 3. The van der Waals surface area contributed by atoms with Crippen molar-refractivity contribution in [3.05, 3.63) is 64.2 Å². The van der Waals surface area contributed by atoms with Crippen LogP contribution in [0.4, 0.5) is 13.2 Å². The van der Waals surface area contributed by atoms with Crippen molar-refractivity contribution < 1.29 is 18.0 Å². The van der Waals surface area contributed by atoms with E-state index < -0.39 is 23.4 Å². The summed E-state index contributed by atoms with van der Waals surface area (Å²) in [4.78, 5) is 16.2. The van der Waals surface area contributed by atoms with Gasteiger partial charge in [0.05, 0.1) is 22.3 Å². The van der Waals surface area contributed by atoms with Crippen molar-refractivity contribution in [1.82, 2.24) is 4.57 Å². The molecule has 1 heterocycles. The lowest BCUT2D eigenvalue weighted by Crippen LogP contribution is -2.17. The number of terminal acetylenes is 1. The molecule has 0 spiro atoms. The van der Waals surface area contributed by atoms with Gasteiger partial charge in [0.15, 0.2) is 4.80 Å². The second-order valence-corrected chi connectivity index (χ2v) is 5.81. The first-order valence-corrected chi connectivity index (χ1v) is 7.58. The molecular formula is C17H9F3N2OS. The number of amides is 1. The molecule has 0 unspecified atom stereocenters. The van der Waals surface area contributed by atoms with E-state index in [1.165, 1.54) is 16.7 Å². The number of hydrogen-bond donors (Lipinski definition) is 0. The average molecular weight is 346 g/mol. The number of thiazole rings is 1. The van der Waals surface area contributed by atoms with Crippen LogP contribution >= 0.6 is 11.3 Å². The van der Waals surface area contributed by atoms with Gasteiger partial charge in [-0.2, -0.15) is 4.99 Å². The molecule has 0 aliphatic heterocycles. The van der Waals surface area contributed by atoms with E-state index in [0.29, 0.717) is 10.8 Å². The van der Waals surface area contributed by atoms with Gasteiger partial charge in [0.1, 0.15) is 17.5 Å². The van der Waals surface area contributed by atoms with Crippen LogP contribution in [0.15, 0.2) is 41.4 Å². The fourth-order valence-electron chi connectivity index (χ4n) is 2.22. The van der Waals surface area contributed by atoms with Crippen molar-refractivity contribution >= 4 is 27.5 Å². The Balaban J connectivity index is 2.19. The average Bonchev–Trinajstić information content (AvgIpc) is 2.86. The first kappa shape index (κ1) is 16.0. The fraction of sp³-hybridized carbons (Fsp3) is 0.0588. The Labute approximate surface area is 138 Å². The highest BCUT2D eigenvalue weighted by Crippen LogP contribution is 2.20. The lowest BCUT2D eigenvalue weighted by atomic mass is 10.2. The summed E-state index contributed by atoms with van der Waals surface area (Å²) in [6, 6.07) is 7.04. The van der Waals surface area contributed by atoms with E-state index in [9.17, 15) is 18.0 Å². The molecule has 0 aliphatic carbocycles. The molecule has 2 aromatic carbocycles. The molecule has 3 aromatic rings. The molecule has 3 rings (SSSR count). The first-order valence-electron chi connectivity index (χ1n) is 6.76. The van der Waals surface area contributed by atoms with E-state index in [0.717, 1.165) is 23.5 Å². The van der Waals surface area contributed by atoms with Gasteiger partial charge in [-0.25, -0.2) is 13.2 Å². The zero-order valence-electron chi connectivity index (χ0n) is 12.1. The third kappa shape index (κ3) is 2.84. The largest absolute Gasteiger partial charge is 0.302 e. The second kappa shape index (κ2) is 6.34. The van der Waals surface area contributed by atoms with Gasteiger partial charge in [-0.1, -0.05) is 23.3 Å². The van der Waals surface area contributed by atoms with Crippen molar-refractivity contribution in [2.75, 3.05) is 0 Å². The molecule has 0 N–H and O–H groups in total. The maximum Gasteiger partial charge on any atom is 0.282 e. The maximum atomic E-state index is 14.0. The normalized spacial score (nSPS) is 11.7. The molecule has 0 bridgehead atoms. The molecule has 0 atom stereocenters. The molecule has 1 aromatic heterocycles. The van der Waals surface area contributed by atoms with E-state index in [1.807, 2.05) is 0 Å². The fourth-order valence-corrected chi connectivity index (χ4v) is 3.26. The summed E-state index contributed by atoms with van der Waals surface area (Å²) in [5.74, 6) is -0.838. The third-order valence-electron chi connectivity index (χ3n) is 3.26. The predicted octanol–water partition coefficient (Wildman–Crippen LogP) is 3.49.